The fourth-order valence-corrected chi connectivity index (χ4v) is 3.71. The lowest BCUT2D eigenvalue weighted by Crippen LogP contribution is -2.37. The van der Waals surface area contributed by atoms with E-state index in [0.29, 0.717) is 6.61 Å². The smallest absolute Gasteiger partial charge is 0.232 e. The van der Waals surface area contributed by atoms with Crippen molar-refractivity contribution in [3.63, 3.8) is 0 Å². The Morgan fingerprint density at radius 3 is 2.57 bits per heavy atom. The molecule has 5 heteroatoms. The molecule has 1 aromatic heterocycles. The predicted molar refractivity (Wildman–Crippen MR) is 84.7 cm³/mol. The number of hydrogen-bond donors (Lipinski definition) is 0. The maximum atomic E-state index is 5.36. The van der Waals surface area contributed by atoms with Gasteiger partial charge in [0.15, 0.2) is 5.82 Å². The Morgan fingerprint density at radius 2 is 1.95 bits per heavy atom. The fraction of sp³-hybridized carbons (Fsp3) is 0.500. The van der Waals surface area contributed by atoms with Crippen LogP contribution in [-0.4, -0.2) is 31.4 Å². The molecule has 0 spiro atoms. The third kappa shape index (κ3) is 3.41. The molecular formula is C16H22N2O2Si. The Bertz CT molecular complexity index is 595. The largest absolute Gasteiger partial charge is 0.381 e. The van der Waals surface area contributed by atoms with Crippen molar-refractivity contribution in [3.8, 4) is 0 Å². The van der Waals surface area contributed by atoms with Crippen molar-refractivity contribution in [2.45, 2.75) is 38.4 Å². The molecule has 1 aliphatic heterocycles. The molecule has 1 aliphatic rings. The summed E-state index contributed by atoms with van der Waals surface area (Å²) in [5.41, 5.74) is 1.23. The third-order valence-corrected chi connectivity index (χ3v) is 6.01. The summed E-state index contributed by atoms with van der Waals surface area (Å²) in [5, 5.41) is 5.57. The predicted octanol–water partition coefficient (Wildman–Crippen LogP) is 2.71. The monoisotopic (exact) mass is 302 g/mol. The van der Waals surface area contributed by atoms with Crippen LogP contribution < -0.4 is 5.19 Å². The van der Waals surface area contributed by atoms with E-state index in [2.05, 4.69) is 54.0 Å². The summed E-state index contributed by atoms with van der Waals surface area (Å²) in [6.07, 6.45) is 1.70. The summed E-state index contributed by atoms with van der Waals surface area (Å²) in [6.45, 7) is 8.57. The molecule has 0 bridgehead atoms. The SMILES string of the molecule is C[Si](C)(C)c1ccc(Cc2noc([C@@H]3CCOC3)n2)cc1. The van der Waals surface area contributed by atoms with E-state index in [-0.39, 0.29) is 5.92 Å². The molecule has 2 aromatic rings. The molecule has 1 aromatic carbocycles. The minimum Gasteiger partial charge on any atom is -0.381 e. The zero-order valence-corrected chi connectivity index (χ0v) is 13.9. The van der Waals surface area contributed by atoms with Gasteiger partial charge in [-0.15, -0.1) is 0 Å². The summed E-state index contributed by atoms with van der Waals surface area (Å²) in [6, 6.07) is 8.85. The van der Waals surface area contributed by atoms with Gasteiger partial charge < -0.3 is 9.26 Å². The van der Waals surface area contributed by atoms with E-state index in [1.807, 2.05) is 0 Å². The van der Waals surface area contributed by atoms with Gasteiger partial charge in [0, 0.05) is 13.0 Å². The molecule has 21 heavy (non-hydrogen) atoms. The topological polar surface area (TPSA) is 48.2 Å². The highest BCUT2D eigenvalue weighted by Gasteiger charge is 2.23. The first kappa shape index (κ1) is 14.5. The van der Waals surface area contributed by atoms with E-state index >= 15 is 0 Å². The molecule has 1 fully saturated rings. The summed E-state index contributed by atoms with van der Waals surface area (Å²) < 4.78 is 10.7. The van der Waals surface area contributed by atoms with Gasteiger partial charge in [-0.3, -0.25) is 0 Å². The van der Waals surface area contributed by atoms with Crippen molar-refractivity contribution in [1.29, 1.82) is 0 Å². The van der Waals surface area contributed by atoms with Gasteiger partial charge in [0.1, 0.15) is 0 Å². The van der Waals surface area contributed by atoms with E-state index in [1.165, 1.54) is 10.8 Å². The van der Waals surface area contributed by atoms with Crippen LogP contribution in [0, 0.1) is 0 Å². The number of nitrogens with zero attached hydrogens (tertiary/aromatic N) is 2. The Labute approximate surface area is 126 Å². The average molecular weight is 302 g/mol. The number of benzene rings is 1. The summed E-state index contributed by atoms with van der Waals surface area (Å²) in [5.74, 6) is 1.76. The van der Waals surface area contributed by atoms with Crippen LogP contribution in [0.3, 0.4) is 0 Å². The molecule has 1 saturated heterocycles. The van der Waals surface area contributed by atoms with Crippen LogP contribution in [0.25, 0.3) is 0 Å². The van der Waals surface area contributed by atoms with Crippen molar-refractivity contribution in [3.05, 3.63) is 41.5 Å². The van der Waals surface area contributed by atoms with Gasteiger partial charge in [-0.2, -0.15) is 4.98 Å². The van der Waals surface area contributed by atoms with Gasteiger partial charge in [-0.1, -0.05) is 54.2 Å². The number of hydrogen-bond acceptors (Lipinski definition) is 4. The maximum Gasteiger partial charge on any atom is 0.232 e. The second-order valence-electron chi connectivity index (χ2n) is 6.73. The van der Waals surface area contributed by atoms with Crippen molar-refractivity contribution in [1.82, 2.24) is 10.1 Å². The Balaban J connectivity index is 1.69. The van der Waals surface area contributed by atoms with Crippen LogP contribution in [0.5, 0.6) is 0 Å². The normalized spacial score (nSPS) is 19.1. The van der Waals surface area contributed by atoms with Crippen LogP contribution in [0.4, 0.5) is 0 Å². The van der Waals surface area contributed by atoms with Crippen molar-refractivity contribution in [2.75, 3.05) is 13.2 Å². The third-order valence-electron chi connectivity index (χ3n) is 3.94. The van der Waals surface area contributed by atoms with Crippen molar-refractivity contribution < 1.29 is 9.26 Å². The minimum absolute atomic E-state index is 0.278. The van der Waals surface area contributed by atoms with Crippen LogP contribution in [0.2, 0.25) is 19.6 Å². The molecule has 1 atom stereocenters. The lowest BCUT2D eigenvalue weighted by molar-refractivity contribution is 0.189. The van der Waals surface area contributed by atoms with E-state index in [0.717, 1.165) is 31.2 Å². The van der Waals surface area contributed by atoms with E-state index in [4.69, 9.17) is 9.26 Å². The molecule has 4 nitrogen and oxygen atoms in total. The van der Waals surface area contributed by atoms with E-state index in [9.17, 15) is 0 Å². The van der Waals surface area contributed by atoms with Crippen LogP contribution >= 0.6 is 0 Å². The summed E-state index contributed by atoms with van der Waals surface area (Å²) in [7, 11) is -1.23. The number of rotatable bonds is 4. The van der Waals surface area contributed by atoms with Crippen LogP contribution in [0.15, 0.2) is 28.8 Å². The lowest BCUT2D eigenvalue weighted by atomic mass is 10.1. The average Bonchev–Trinajstić information content (AvgIpc) is 3.08. The minimum atomic E-state index is -1.23. The highest BCUT2D eigenvalue weighted by molar-refractivity contribution is 6.88. The molecule has 0 amide bonds. The van der Waals surface area contributed by atoms with Gasteiger partial charge in [-0.05, 0) is 12.0 Å². The van der Waals surface area contributed by atoms with Crippen LogP contribution in [0.1, 0.15) is 29.6 Å². The standard InChI is InChI=1S/C16H22N2O2Si/c1-21(2,3)14-6-4-12(5-7-14)10-15-17-16(20-18-15)13-8-9-19-11-13/h4-7,13H,8-11H2,1-3H3/t13-/m1/s1. The molecule has 3 rings (SSSR count). The quantitative estimate of drug-likeness (QED) is 0.815. The lowest BCUT2D eigenvalue weighted by Gasteiger charge is -2.16. The zero-order chi connectivity index (χ0) is 14.9. The molecular weight excluding hydrogens is 280 g/mol. The second kappa shape index (κ2) is 5.73. The van der Waals surface area contributed by atoms with Crippen LogP contribution in [-0.2, 0) is 11.2 Å². The Morgan fingerprint density at radius 1 is 1.19 bits per heavy atom. The molecule has 0 radical (unpaired) electrons. The first-order valence-corrected chi connectivity index (χ1v) is 11.0. The maximum absolute atomic E-state index is 5.36. The first-order chi connectivity index (χ1) is 10.0. The second-order valence-corrected chi connectivity index (χ2v) is 11.8. The van der Waals surface area contributed by atoms with Gasteiger partial charge in [0.05, 0.1) is 20.6 Å². The summed E-state index contributed by atoms with van der Waals surface area (Å²) >= 11 is 0. The summed E-state index contributed by atoms with van der Waals surface area (Å²) in [4.78, 5) is 4.51. The first-order valence-electron chi connectivity index (χ1n) is 7.52. The van der Waals surface area contributed by atoms with E-state index < -0.39 is 8.07 Å². The molecule has 0 N–H and O–H groups in total. The Kier molecular flexibility index (Phi) is 3.95. The van der Waals surface area contributed by atoms with Crippen molar-refractivity contribution >= 4 is 13.3 Å². The van der Waals surface area contributed by atoms with Crippen molar-refractivity contribution in [2.24, 2.45) is 0 Å². The molecule has 2 heterocycles. The zero-order valence-electron chi connectivity index (χ0n) is 12.9. The van der Waals surface area contributed by atoms with E-state index in [1.54, 1.807) is 0 Å². The highest BCUT2D eigenvalue weighted by atomic mass is 28.3. The van der Waals surface area contributed by atoms with Gasteiger partial charge in [0.2, 0.25) is 5.89 Å². The highest BCUT2D eigenvalue weighted by Crippen LogP contribution is 2.23. The molecule has 0 saturated carbocycles. The molecule has 0 aliphatic carbocycles. The number of aromatic nitrogens is 2. The molecule has 112 valence electrons. The van der Waals surface area contributed by atoms with Gasteiger partial charge >= 0.3 is 0 Å². The molecule has 0 unspecified atom stereocenters. The van der Waals surface area contributed by atoms with Gasteiger partial charge in [0.25, 0.3) is 0 Å². The fourth-order valence-electron chi connectivity index (χ4n) is 2.54. The number of ether oxygens (including phenoxy) is 1. The Hall–Kier alpha value is -1.46. The van der Waals surface area contributed by atoms with Gasteiger partial charge in [-0.25, -0.2) is 0 Å².